The van der Waals surface area contributed by atoms with Gasteiger partial charge in [-0.1, -0.05) is 75.6 Å². The summed E-state index contributed by atoms with van der Waals surface area (Å²) < 4.78 is 0.141. The molecule has 1 N–H and O–H groups in total. The number of hydrogen-bond acceptors (Lipinski definition) is 4. The monoisotopic (exact) mass is 599 g/mol. The normalized spacial score (nSPS) is 15.1. The number of carbonyl (C=O) groups is 1. The van der Waals surface area contributed by atoms with Gasteiger partial charge in [0.05, 0.1) is 5.70 Å². The van der Waals surface area contributed by atoms with Gasteiger partial charge in [0.15, 0.2) is 6.29 Å². The van der Waals surface area contributed by atoms with Crippen molar-refractivity contribution in [3.8, 4) is 0 Å². The second-order valence-electron chi connectivity index (χ2n) is 10.2. The number of unbranched alkanes of at least 4 members (excludes halogenated alkanes) is 2. The molecule has 0 saturated carbocycles. The predicted octanol–water partition coefficient (Wildman–Crippen LogP) is 11.5. The van der Waals surface area contributed by atoms with Crippen molar-refractivity contribution >= 4 is 30.7 Å². The average molecular weight is 600 g/mol. The van der Waals surface area contributed by atoms with Crippen LogP contribution >= 0.6 is 24.4 Å². The van der Waals surface area contributed by atoms with Crippen molar-refractivity contribution in [2.45, 2.75) is 123 Å². The summed E-state index contributed by atoms with van der Waals surface area (Å²) in [5.41, 5.74) is 9.30. The Morgan fingerprint density at radius 1 is 1.20 bits per heavy atom. The molecule has 2 atom stereocenters. The van der Waals surface area contributed by atoms with Gasteiger partial charge in [-0.3, -0.25) is 4.79 Å². The molecule has 0 saturated heterocycles. The Morgan fingerprint density at radius 3 is 2.34 bits per heavy atom. The van der Waals surface area contributed by atoms with E-state index in [4.69, 9.17) is 0 Å². The maximum atomic E-state index is 11.5. The molecule has 2 nitrogen and oxygen atoms in total. The summed E-state index contributed by atoms with van der Waals surface area (Å²) in [7, 11) is 1.81. The Morgan fingerprint density at radius 2 is 1.83 bits per heavy atom. The smallest absolute Gasteiger partial charge is 0.166 e. The van der Waals surface area contributed by atoms with Crippen LogP contribution in [0.25, 0.3) is 0 Å². The summed E-state index contributed by atoms with van der Waals surface area (Å²) in [6.45, 7) is 28.6. The van der Waals surface area contributed by atoms with Gasteiger partial charge in [-0.05, 0) is 101 Å². The summed E-state index contributed by atoms with van der Waals surface area (Å²) in [6, 6.07) is 4.90. The van der Waals surface area contributed by atoms with E-state index in [9.17, 15) is 4.79 Å². The first-order valence-electron chi connectivity index (χ1n) is 15.4. The number of hydrogen-bond donors (Lipinski definition) is 2. The van der Waals surface area contributed by atoms with Gasteiger partial charge in [-0.25, -0.2) is 0 Å². The summed E-state index contributed by atoms with van der Waals surface area (Å²) in [4.78, 5) is 12.6. The number of nitrogens with one attached hydrogen (secondary N) is 1. The van der Waals surface area contributed by atoms with E-state index < -0.39 is 0 Å². The number of aryl methyl sites for hydroxylation is 2. The largest absolute Gasteiger partial charge is 0.385 e. The van der Waals surface area contributed by atoms with Crippen molar-refractivity contribution in [1.29, 1.82) is 0 Å². The third-order valence-electron chi connectivity index (χ3n) is 6.69. The van der Waals surface area contributed by atoms with E-state index >= 15 is 0 Å². The molecule has 1 aromatic rings. The lowest BCUT2D eigenvalue weighted by Crippen LogP contribution is -2.11. The van der Waals surface area contributed by atoms with E-state index in [1.165, 1.54) is 71.9 Å². The standard InChI is InChI=1S/C30H45NOS2.C3H6.C2H6.C2H4/c1-7-8-9-12-25-18-23(4)30(26-13-10-11-21(2)16-26)27(19-25)17-22(3)14-15-29(34-24(5)33)28(20-32)31-6;1-3-2;2*1-2/h16,18-20,24,26,31,33H,3,7-15,17H2,1-2,4-6H3;3H,1H2,2H3;1-2H3;1-2H2/b29-28-;;;. The number of aldehydes is 1. The number of carbonyl (C=O) groups excluding carboxylic acids is 1. The zero-order chi connectivity index (χ0) is 31.8. The highest BCUT2D eigenvalue weighted by Crippen LogP contribution is 2.37. The first-order valence-corrected chi connectivity index (χ1v) is 16.8. The third kappa shape index (κ3) is 17.0. The van der Waals surface area contributed by atoms with Crippen LogP contribution in [0, 0.1) is 6.92 Å². The molecule has 1 aliphatic rings. The molecule has 4 heteroatoms. The fourth-order valence-corrected chi connectivity index (χ4v) is 6.36. The van der Waals surface area contributed by atoms with Gasteiger partial charge in [0.2, 0.25) is 0 Å². The molecular formula is C37H61NOS2. The molecule has 2 rings (SSSR count). The second-order valence-corrected chi connectivity index (χ2v) is 12.8. The van der Waals surface area contributed by atoms with E-state index in [-0.39, 0.29) is 4.58 Å². The van der Waals surface area contributed by atoms with Crippen LogP contribution in [-0.2, 0) is 17.6 Å². The lowest BCUT2D eigenvalue weighted by molar-refractivity contribution is -0.105. The first kappa shape index (κ1) is 41.2. The van der Waals surface area contributed by atoms with Gasteiger partial charge in [-0.15, -0.1) is 31.5 Å². The van der Waals surface area contributed by atoms with Crippen LogP contribution in [0.15, 0.2) is 72.3 Å². The van der Waals surface area contributed by atoms with Crippen molar-refractivity contribution in [2.24, 2.45) is 0 Å². The molecule has 1 aliphatic carbocycles. The average Bonchev–Trinajstić information content (AvgIpc) is 2.94. The van der Waals surface area contributed by atoms with Crippen molar-refractivity contribution in [3.63, 3.8) is 0 Å². The maximum Gasteiger partial charge on any atom is 0.166 e. The van der Waals surface area contributed by atoms with Gasteiger partial charge in [0.1, 0.15) is 0 Å². The summed E-state index contributed by atoms with van der Waals surface area (Å²) in [5.74, 6) is 0.517. The van der Waals surface area contributed by atoms with Crippen LogP contribution in [0.5, 0.6) is 0 Å². The Balaban J connectivity index is 0. The molecule has 41 heavy (non-hydrogen) atoms. The van der Waals surface area contributed by atoms with Crippen LogP contribution in [-0.4, -0.2) is 17.9 Å². The number of thioether (sulfide) groups is 1. The van der Waals surface area contributed by atoms with Crippen LogP contribution in [0.3, 0.4) is 0 Å². The molecule has 0 fully saturated rings. The lowest BCUT2D eigenvalue weighted by Gasteiger charge is -2.26. The van der Waals surface area contributed by atoms with Crippen LogP contribution in [0.1, 0.15) is 121 Å². The highest BCUT2D eigenvalue weighted by Gasteiger charge is 2.20. The van der Waals surface area contributed by atoms with E-state index in [0.717, 1.165) is 36.9 Å². The highest BCUT2D eigenvalue weighted by molar-refractivity contribution is 8.12. The van der Waals surface area contributed by atoms with E-state index in [0.29, 0.717) is 11.6 Å². The van der Waals surface area contributed by atoms with Gasteiger partial charge in [-0.2, -0.15) is 12.6 Å². The zero-order valence-electron chi connectivity index (χ0n) is 27.7. The predicted molar refractivity (Wildman–Crippen MR) is 193 cm³/mol. The Kier molecular flexibility index (Phi) is 25.9. The first-order chi connectivity index (χ1) is 19.7. The van der Waals surface area contributed by atoms with Crippen LogP contribution < -0.4 is 5.32 Å². The van der Waals surface area contributed by atoms with E-state index in [1.54, 1.807) is 24.9 Å². The number of likely N-dealkylation sites (N-methyl/N-ethyl adjacent to an activating group) is 1. The quantitative estimate of drug-likeness (QED) is 0.0556. The summed E-state index contributed by atoms with van der Waals surface area (Å²) in [6.07, 6.45) is 16.5. The summed E-state index contributed by atoms with van der Waals surface area (Å²) >= 11 is 6.18. The number of thiol groups is 1. The molecular weight excluding hydrogens is 539 g/mol. The maximum absolute atomic E-state index is 11.5. The third-order valence-corrected chi connectivity index (χ3v) is 8.06. The van der Waals surface area contributed by atoms with Gasteiger partial charge < -0.3 is 5.32 Å². The Labute approximate surface area is 264 Å². The topological polar surface area (TPSA) is 29.1 Å². The SMILES string of the molecule is C=C.C=C(CC/C(SC(C)S)=C(\C=O)NC)Cc1cc(CCCCC)cc(C)c1C1C=C(C)CCC1.C=CC.CC. The van der Waals surface area contributed by atoms with E-state index in [1.807, 2.05) is 27.7 Å². The number of benzene rings is 1. The minimum Gasteiger partial charge on any atom is -0.385 e. The van der Waals surface area contributed by atoms with Crippen molar-refractivity contribution in [3.05, 3.63) is 94.6 Å². The van der Waals surface area contributed by atoms with Crippen molar-refractivity contribution < 1.29 is 4.79 Å². The molecule has 0 heterocycles. The molecule has 0 aromatic heterocycles. The van der Waals surface area contributed by atoms with Gasteiger partial charge >= 0.3 is 0 Å². The highest BCUT2D eigenvalue weighted by atomic mass is 32.2. The lowest BCUT2D eigenvalue weighted by atomic mass is 9.79. The summed E-state index contributed by atoms with van der Waals surface area (Å²) in [5, 5.41) is 3.05. The number of allylic oxidation sites excluding steroid dienone is 6. The van der Waals surface area contributed by atoms with Crippen LogP contribution in [0.4, 0.5) is 0 Å². The van der Waals surface area contributed by atoms with Crippen LogP contribution in [0.2, 0.25) is 0 Å². The van der Waals surface area contributed by atoms with Gasteiger partial charge in [0, 0.05) is 22.5 Å². The van der Waals surface area contributed by atoms with Crippen molar-refractivity contribution in [1.82, 2.24) is 5.32 Å². The zero-order valence-corrected chi connectivity index (χ0v) is 29.4. The van der Waals surface area contributed by atoms with Crippen molar-refractivity contribution in [2.75, 3.05) is 7.05 Å². The molecule has 1 aromatic carbocycles. The molecule has 232 valence electrons. The fourth-order valence-electron chi connectivity index (χ4n) is 5.07. The second kappa shape index (κ2) is 25.8. The van der Waals surface area contributed by atoms with E-state index in [2.05, 4.69) is 83.2 Å². The minimum absolute atomic E-state index is 0.141. The molecule has 2 unspecified atom stereocenters. The Bertz CT molecular complexity index is 958. The minimum atomic E-state index is 0.141. The fraction of sp³-hybridized carbons (Fsp3) is 0.541. The molecule has 0 spiro atoms. The molecule has 0 radical (unpaired) electrons. The van der Waals surface area contributed by atoms with Gasteiger partial charge in [0.25, 0.3) is 0 Å². The molecule has 0 bridgehead atoms. The molecule has 0 aliphatic heterocycles. The number of rotatable bonds is 14. The molecule has 0 amide bonds. The Hall–Kier alpha value is -1.91.